The molecule has 0 bridgehead atoms. The zero-order valence-corrected chi connectivity index (χ0v) is 19.8. The summed E-state index contributed by atoms with van der Waals surface area (Å²) in [7, 11) is -4.18. The summed E-state index contributed by atoms with van der Waals surface area (Å²) >= 11 is 1.25. The largest absolute Gasteiger partial charge is 0.378 e. The predicted octanol–water partition coefficient (Wildman–Crippen LogP) is 3.51. The quantitative estimate of drug-likeness (QED) is 0.306. The van der Waals surface area contributed by atoms with Crippen LogP contribution in [0.5, 0.6) is 5.75 Å². The van der Waals surface area contributed by atoms with E-state index in [1.54, 1.807) is 19.1 Å². The summed E-state index contributed by atoms with van der Waals surface area (Å²) in [4.78, 5) is 22.8. The molecule has 34 heavy (non-hydrogen) atoms. The van der Waals surface area contributed by atoms with Crippen LogP contribution in [0.15, 0.2) is 75.8 Å². The molecule has 1 unspecified atom stereocenters. The molecule has 1 heterocycles. The maximum Gasteiger partial charge on any atom is 0.339 e. The highest BCUT2D eigenvalue weighted by molar-refractivity contribution is 8.15. The number of thioether (sulfide) groups is 1. The van der Waals surface area contributed by atoms with E-state index in [1.807, 2.05) is 24.3 Å². The van der Waals surface area contributed by atoms with Gasteiger partial charge in [0.15, 0.2) is 10.9 Å². The van der Waals surface area contributed by atoms with E-state index in [-0.39, 0.29) is 27.7 Å². The molecule has 1 aliphatic heterocycles. The van der Waals surface area contributed by atoms with Crippen molar-refractivity contribution in [2.45, 2.75) is 24.0 Å². The average molecular weight is 497 g/mol. The van der Waals surface area contributed by atoms with Gasteiger partial charge in [0.2, 0.25) is 11.8 Å². The van der Waals surface area contributed by atoms with E-state index in [4.69, 9.17) is 4.18 Å². The topological polar surface area (TPSA) is 126 Å². The lowest BCUT2D eigenvalue weighted by molar-refractivity contribution is -0.118. The first-order valence-corrected chi connectivity index (χ1v) is 12.4. The van der Waals surface area contributed by atoms with Crippen LogP contribution in [0, 0.1) is 0 Å². The Morgan fingerprint density at radius 2 is 1.85 bits per heavy atom. The van der Waals surface area contributed by atoms with Gasteiger partial charge in [-0.15, -0.1) is 5.10 Å². The van der Waals surface area contributed by atoms with E-state index in [2.05, 4.69) is 20.8 Å². The Balaban J connectivity index is 1.67. The molecule has 174 valence electrons. The molecule has 1 fully saturated rings. The monoisotopic (exact) mass is 496 g/mol. The highest BCUT2D eigenvalue weighted by Gasteiger charge is 2.25. The summed E-state index contributed by atoms with van der Waals surface area (Å²) in [5, 5.41) is 15.0. The number of amidine groups is 1. The average Bonchev–Trinajstić information content (AvgIpc) is 3.11. The van der Waals surface area contributed by atoms with Crippen molar-refractivity contribution >= 4 is 61.5 Å². The summed E-state index contributed by atoms with van der Waals surface area (Å²) in [5.74, 6) is -0.339. The first-order valence-electron chi connectivity index (χ1n) is 10.2. The van der Waals surface area contributed by atoms with Crippen LogP contribution in [0.3, 0.4) is 0 Å². The molecule has 1 atom stereocenters. The fourth-order valence-electron chi connectivity index (χ4n) is 3.20. The Kier molecular flexibility index (Phi) is 6.66. The van der Waals surface area contributed by atoms with Crippen molar-refractivity contribution in [1.82, 2.24) is 5.32 Å². The van der Waals surface area contributed by atoms with E-state index in [0.717, 1.165) is 10.8 Å². The molecule has 4 rings (SSSR count). The molecule has 9 nitrogen and oxygen atoms in total. The van der Waals surface area contributed by atoms with E-state index in [1.165, 1.54) is 49.2 Å². The van der Waals surface area contributed by atoms with Crippen LogP contribution < -0.4 is 14.8 Å². The van der Waals surface area contributed by atoms with Crippen molar-refractivity contribution in [3.05, 3.63) is 66.2 Å². The number of carbonyl (C=O) groups excluding carboxylic acids is 2. The summed E-state index contributed by atoms with van der Waals surface area (Å²) < 4.78 is 31.4. The number of hydrogen-bond donors (Lipinski definition) is 2. The van der Waals surface area contributed by atoms with Crippen molar-refractivity contribution < 1.29 is 22.2 Å². The minimum Gasteiger partial charge on any atom is -0.378 e. The van der Waals surface area contributed by atoms with Crippen LogP contribution >= 0.6 is 11.8 Å². The fraction of sp³-hybridized carbons (Fsp3) is 0.130. The minimum absolute atomic E-state index is 0.0723. The molecule has 3 aromatic rings. The zero-order valence-electron chi connectivity index (χ0n) is 18.2. The molecular weight excluding hydrogens is 476 g/mol. The number of amides is 2. The molecule has 0 spiro atoms. The van der Waals surface area contributed by atoms with Gasteiger partial charge in [-0.25, -0.2) is 0 Å². The maximum atomic E-state index is 12.9. The minimum atomic E-state index is -4.18. The number of benzene rings is 3. The SMILES string of the molecule is CC(=O)Nc1ccc(S(=O)(=O)Oc2ccc3ccccc3c2C=N/N=C2/NC(=O)C(C)S2)cc1. The van der Waals surface area contributed by atoms with Gasteiger partial charge in [0.05, 0.1) is 11.5 Å². The van der Waals surface area contributed by atoms with Crippen molar-refractivity contribution in [1.29, 1.82) is 0 Å². The van der Waals surface area contributed by atoms with Crippen LogP contribution in [-0.2, 0) is 19.7 Å². The second-order valence-corrected chi connectivity index (χ2v) is 10.2. The van der Waals surface area contributed by atoms with Crippen molar-refractivity contribution in [2.75, 3.05) is 5.32 Å². The number of anilines is 1. The lowest BCUT2D eigenvalue weighted by Crippen LogP contribution is -2.23. The number of nitrogens with zero attached hydrogens (tertiary/aromatic N) is 2. The van der Waals surface area contributed by atoms with Gasteiger partial charge in [-0.1, -0.05) is 42.1 Å². The summed E-state index contributed by atoms with van der Waals surface area (Å²) in [6.45, 7) is 3.12. The number of nitrogens with one attached hydrogen (secondary N) is 2. The van der Waals surface area contributed by atoms with Crippen LogP contribution in [-0.4, -0.2) is 36.9 Å². The molecule has 2 amide bonds. The highest BCUT2D eigenvalue weighted by atomic mass is 32.2. The van der Waals surface area contributed by atoms with E-state index in [0.29, 0.717) is 16.4 Å². The third-order valence-electron chi connectivity index (χ3n) is 4.82. The fourth-order valence-corrected chi connectivity index (χ4v) is 4.90. The number of fused-ring (bicyclic) bond motifs is 1. The molecule has 0 aliphatic carbocycles. The summed E-state index contributed by atoms with van der Waals surface area (Å²) in [6.07, 6.45) is 1.40. The molecular formula is C23H20N4O5S2. The third kappa shape index (κ3) is 5.26. The first-order chi connectivity index (χ1) is 16.2. The van der Waals surface area contributed by atoms with Crippen LogP contribution in [0.2, 0.25) is 0 Å². The van der Waals surface area contributed by atoms with Gasteiger partial charge in [-0.3, -0.25) is 9.59 Å². The van der Waals surface area contributed by atoms with Gasteiger partial charge >= 0.3 is 10.1 Å². The Hall–Kier alpha value is -3.70. The summed E-state index contributed by atoms with van der Waals surface area (Å²) in [5.41, 5.74) is 0.888. The first kappa shape index (κ1) is 23.5. The Bertz CT molecular complexity index is 1430. The Labute approximate surface area is 200 Å². The van der Waals surface area contributed by atoms with Crippen molar-refractivity contribution in [2.24, 2.45) is 10.2 Å². The molecule has 0 saturated carbocycles. The Morgan fingerprint density at radius 1 is 1.12 bits per heavy atom. The van der Waals surface area contributed by atoms with Gasteiger partial charge in [-0.2, -0.15) is 13.5 Å². The van der Waals surface area contributed by atoms with Crippen molar-refractivity contribution in [3.63, 3.8) is 0 Å². The van der Waals surface area contributed by atoms with E-state index in [9.17, 15) is 18.0 Å². The third-order valence-corrected chi connectivity index (χ3v) is 7.04. The second-order valence-electron chi connectivity index (χ2n) is 7.34. The van der Waals surface area contributed by atoms with Gasteiger partial charge in [-0.05, 0) is 48.0 Å². The lowest BCUT2D eigenvalue weighted by atomic mass is 10.0. The van der Waals surface area contributed by atoms with Gasteiger partial charge in [0.25, 0.3) is 0 Å². The number of hydrogen-bond acceptors (Lipinski definition) is 8. The molecule has 1 saturated heterocycles. The lowest BCUT2D eigenvalue weighted by Gasteiger charge is -2.12. The number of rotatable bonds is 6. The van der Waals surface area contributed by atoms with E-state index < -0.39 is 10.1 Å². The van der Waals surface area contributed by atoms with Crippen LogP contribution in [0.25, 0.3) is 10.8 Å². The van der Waals surface area contributed by atoms with Gasteiger partial charge in [0, 0.05) is 18.2 Å². The van der Waals surface area contributed by atoms with E-state index >= 15 is 0 Å². The molecule has 1 aliphatic rings. The molecule has 2 N–H and O–H groups in total. The molecule has 11 heteroatoms. The Morgan fingerprint density at radius 3 is 2.53 bits per heavy atom. The van der Waals surface area contributed by atoms with Crippen LogP contribution in [0.1, 0.15) is 19.4 Å². The summed E-state index contributed by atoms with van der Waals surface area (Å²) in [6, 6.07) is 16.3. The normalized spacial score (nSPS) is 17.3. The predicted molar refractivity (Wildman–Crippen MR) is 133 cm³/mol. The smallest absolute Gasteiger partial charge is 0.339 e. The standard InChI is InChI=1S/C23H20N4O5S2/c1-14-22(29)26-23(33-14)27-24-13-20-19-6-4-3-5-16(19)7-12-21(20)32-34(30,31)18-10-8-17(9-11-18)25-15(2)28/h3-14H,1-2H3,(H,25,28)(H,26,27,29). The maximum absolute atomic E-state index is 12.9. The molecule has 0 aromatic heterocycles. The van der Waals surface area contributed by atoms with Gasteiger partial charge in [0.1, 0.15) is 4.90 Å². The number of carbonyl (C=O) groups is 2. The zero-order chi connectivity index (χ0) is 24.3. The molecule has 0 radical (unpaired) electrons. The molecule has 3 aromatic carbocycles. The highest BCUT2D eigenvalue weighted by Crippen LogP contribution is 2.29. The van der Waals surface area contributed by atoms with Crippen molar-refractivity contribution in [3.8, 4) is 5.75 Å². The van der Waals surface area contributed by atoms with Crippen LogP contribution in [0.4, 0.5) is 5.69 Å². The van der Waals surface area contributed by atoms with Gasteiger partial charge < -0.3 is 14.8 Å². The second kappa shape index (κ2) is 9.65.